The summed E-state index contributed by atoms with van der Waals surface area (Å²) >= 11 is 0. The molecule has 1 atom stereocenters. The Morgan fingerprint density at radius 3 is 2.76 bits per heavy atom. The average Bonchev–Trinajstić information content (AvgIpc) is 2.77. The van der Waals surface area contributed by atoms with Crippen molar-refractivity contribution in [1.29, 1.82) is 5.26 Å². The van der Waals surface area contributed by atoms with E-state index in [1.807, 2.05) is 6.07 Å². The fourth-order valence-corrected chi connectivity index (χ4v) is 3.18. The van der Waals surface area contributed by atoms with Crippen LogP contribution in [0.2, 0.25) is 0 Å². The van der Waals surface area contributed by atoms with E-state index in [4.69, 9.17) is 11.0 Å². The molecule has 0 spiro atoms. The van der Waals surface area contributed by atoms with Gasteiger partial charge in [0, 0.05) is 25.3 Å². The second-order valence-electron chi connectivity index (χ2n) is 3.90. The summed E-state index contributed by atoms with van der Waals surface area (Å²) in [6, 6.07) is 4.53. The fourth-order valence-electron chi connectivity index (χ4n) is 1.72. The normalized spacial score (nSPS) is 21.3. The second-order valence-corrected chi connectivity index (χ2v) is 5.84. The molecule has 0 saturated carbocycles. The average molecular weight is 252 g/mol. The molecule has 1 aliphatic heterocycles. The number of rotatable bonds is 2. The Kier molecular flexibility index (Phi) is 3.11. The van der Waals surface area contributed by atoms with Gasteiger partial charge in [-0.1, -0.05) is 0 Å². The van der Waals surface area contributed by atoms with Crippen molar-refractivity contribution in [2.75, 3.05) is 13.1 Å². The predicted molar refractivity (Wildman–Crippen MR) is 60.3 cm³/mol. The lowest BCUT2D eigenvalue weighted by molar-refractivity contribution is 0.472. The van der Waals surface area contributed by atoms with E-state index in [-0.39, 0.29) is 16.6 Å². The number of aromatic nitrogens is 1. The molecule has 1 saturated heterocycles. The predicted octanol–water partition coefficient (Wildman–Crippen LogP) is -0.325. The van der Waals surface area contributed by atoms with Gasteiger partial charge in [-0.3, -0.25) is 0 Å². The number of sulfonamides is 1. The number of pyridine rings is 1. The first-order valence-corrected chi connectivity index (χ1v) is 6.60. The number of nitriles is 1. The largest absolute Gasteiger partial charge is 0.326 e. The fraction of sp³-hybridized carbons (Fsp3) is 0.400. The molecule has 7 heteroatoms. The summed E-state index contributed by atoms with van der Waals surface area (Å²) in [6.45, 7) is 0.770. The summed E-state index contributed by atoms with van der Waals surface area (Å²) in [5, 5.41) is 8.59. The van der Waals surface area contributed by atoms with Crippen LogP contribution in [0.25, 0.3) is 0 Å². The van der Waals surface area contributed by atoms with Gasteiger partial charge < -0.3 is 5.73 Å². The maximum Gasteiger partial charge on any atom is 0.244 e. The monoisotopic (exact) mass is 252 g/mol. The Labute approximate surface area is 99.7 Å². The standard InChI is InChI=1S/C10H12N4O2S/c11-5-9-1-2-10(6-13-9)17(15,16)14-4-3-8(12)7-14/h1-2,6,8H,3-4,7,12H2/t8-/m0/s1. The third-order valence-corrected chi connectivity index (χ3v) is 4.52. The first-order valence-electron chi connectivity index (χ1n) is 5.16. The van der Waals surface area contributed by atoms with E-state index in [9.17, 15) is 8.42 Å². The van der Waals surface area contributed by atoms with Crippen LogP contribution in [-0.2, 0) is 10.0 Å². The molecule has 0 radical (unpaired) electrons. The van der Waals surface area contributed by atoms with Crippen molar-refractivity contribution < 1.29 is 8.42 Å². The Morgan fingerprint density at radius 1 is 1.53 bits per heavy atom. The van der Waals surface area contributed by atoms with E-state index in [1.54, 1.807) is 0 Å². The van der Waals surface area contributed by atoms with E-state index in [2.05, 4.69) is 4.98 Å². The number of hydrogen-bond acceptors (Lipinski definition) is 5. The summed E-state index contributed by atoms with van der Waals surface area (Å²) in [6.07, 6.45) is 1.88. The molecular formula is C10H12N4O2S. The van der Waals surface area contributed by atoms with Crippen molar-refractivity contribution in [1.82, 2.24) is 9.29 Å². The van der Waals surface area contributed by atoms with Crippen molar-refractivity contribution in [2.45, 2.75) is 17.4 Å². The highest BCUT2D eigenvalue weighted by Gasteiger charge is 2.30. The van der Waals surface area contributed by atoms with E-state index in [0.29, 0.717) is 19.5 Å². The van der Waals surface area contributed by atoms with Crippen LogP contribution in [-0.4, -0.2) is 36.8 Å². The van der Waals surface area contributed by atoms with Crippen molar-refractivity contribution in [3.63, 3.8) is 0 Å². The Morgan fingerprint density at radius 2 is 2.29 bits per heavy atom. The number of hydrogen-bond donors (Lipinski definition) is 1. The van der Waals surface area contributed by atoms with Crippen molar-refractivity contribution in [2.24, 2.45) is 5.73 Å². The van der Waals surface area contributed by atoms with E-state index in [1.165, 1.54) is 22.6 Å². The van der Waals surface area contributed by atoms with Crippen molar-refractivity contribution in [3.05, 3.63) is 24.0 Å². The van der Waals surface area contributed by atoms with Crippen LogP contribution in [0.5, 0.6) is 0 Å². The molecule has 2 N–H and O–H groups in total. The molecule has 0 unspecified atom stereocenters. The molecule has 0 bridgehead atoms. The molecule has 1 aromatic rings. The van der Waals surface area contributed by atoms with Crippen LogP contribution < -0.4 is 5.73 Å². The van der Waals surface area contributed by atoms with Crippen LogP contribution in [0.1, 0.15) is 12.1 Å². The van der Waals surface area contributed by atoms with Gasteiger partial charge in [-0.05, 0) is 18.6 Å². The molecule has 1 fully saturated rings. The van der Waals surface area contributed by atoms with Crippen LogP contribution in [0.4, 0.5) is 0 Å². The Hall–Kier alpha value is -1.49. The minimum Gasteiger partial charge on any atom is -0.326 e. The first kappa shape index (κ1) is 12.0. The van der Waals surface area contributed by atoms with Gasteiger partial charge in [0.2, 0.25) is 10.0 Å². The third-order valence-electron chi connectivity index (χ3n) is 2.68. The lowest BCUT2D eigenvalue weighted by atomic mass is 10.3. The SMILES string of the molecule is N#Cc1ccc(S(=O)(=O)N2CC[C@H](N)C2)cn1. The quantitative estimate of drug-likeness (QED) is 0.777. The van der Waals surface area contributed by atoms with Crippen LogP contribution in [0.15, 0.2) is 23.2 Å². The van der Waals surface area contributed by atoms with Crippen molar-refractivity contribution in [3.8, 4) is 6.07 Å². The highest BCUT2D eigenvalue weighted by atomic mass is 32.2. The Balaban J connectivity index is 2.29. The van der Waals surface area contributed by atoms with Gasteiger partial charge in [0.1, 0.15) is 16.7 Å². The summed E-state index contributed by atoms with van der Waals surface area (Å²) in [7, 11) is -3.52. The number of nitrogens with two attached hydrogens (primary N) is 1. The smallest absolute Gasteiger partial charge is 0.244 e. The maximum absolute atomic E-state index is 12.1. The molecule has 1 aliphatic rings. The molecule has 2 rings (SSSR count). The van der Waals surface area contributed by atoms with Gasteiger partial charge in [-0.15, -0.1) is 0 Å². The Bertz CT molecular complexity index is 547. The molecular weight excluding hydrogens is 240 g/mol. The zero-order valence-corrected chi connectivity index (χ0v) is 9.89. The van der Waals surface area contributed by atoms with Gasteiger partial charge in [-0.25, -0.2) is 13.4 Å². The minimum atomic E-state index is -3.52. The molecule has 1 aromatic heterocycles. The molecule has 0 amide bonds. The summed E-state index contributed by atoms with van der Waals surface area (Å²) < 4.78 is 25.6. The van der Waals surface area contributed by atoms with Gasteiger partial charge in [0.15, 0.2) is 0 Å². The van der Waals surface area contributed by atoms with E-state index in [0.717, 1.165) is 0 Å². The maximum atomic E-state index is 12.1. The molecule has 0 aromatic carbocycles. The van der Waals surface area contributed by atoms with Crippen molar-refractivity contribution >= 4 is 10.0 Å². The summed E-state index contributed by atoms with van der Waals surface area (Å²) in [4.78, 5) is 3.86. The van der Waals surface area contributed by atoms with Gasteiger partial charge in [-0.2, -0.15) is 9.57 Å². The number of nitrogens with zero attached hydrogens (tertiary/aromatic N) is 3. The molecule has 0 aliphatic carbocycles. The van der Waals surface area contributed by atoms with Gasteiger partial charge >= 0.3 is 0 Å². The lowest BCUT2D eigenvalue weighted by Gasteiger charge is -2.15. The van der Waals surface area contributed by atoms with E-state index >= 15 is 0 Å². The second kappa shape index (κ2) is 4.41. The highest BCUT2D eigenvalue weighted by molar-refractivity contribution is 7.89. The summed E-state index contributed by atoms with van der Waals surface area (Å²) in [5.74, 6) is 0. The van der Waals surface area contributed by atoms with Crippen LogP contribution >= 0.6 is 0 Å². The van der Waals surface area contributed by atoms with Crippen LogP contribution in [0.3, 0.4) is 0 Å². The van der Waals surface area contributed by atoms with E-state index < -0.39 is 10.0 Å². The molecule has 17 heavy (non-hydrogen) atoms. The van der Waals surface area contributed by atoms with Crippen LogP contribution in [0, 0.1) is 11.3 Å². The minimum absolute atomic E-state index is 0.101. The zero-order valence-electron chi connectivity index (χ0n) is 9.07. The first-order chi connectivity index (χ1) is 8.04. The van der Waals surface area contributed by atoms with Gasteiger partial charge in [0.25, 0.3) is 0 Å². The molecule has 2 heterocycles. The third kappa shape index (κ3) is 2.29. The topological polar surface area (TPSA) is 100 Å². The molecule has 90 valence electrons. The zero-order chi connectivity index (χ0) is 12.5. The molecule has 6 nitrogen and oxygen atoms in total. The van der Waals surface area contributed by atoms with Gasteiger partial charge in [0.05, 0.1) is 0 Å². The highest BCUT2D eigenvalue weighted by Crippen LogP contribution is 2.19. The summed E-state index contributed by atoms with van der Waals surface area (Å²) in [5.41, 5.74) is 5.88. The lowest BCUT2D eigenvalue weighted by Crippen LogP contribution is -2.32.